The number of anilines is 1. The van der Waals surface area contributed by atoms with E-state index in [-0.39, 0.29) is 52.4 Å². The molecule has 3 aromatic heterocycles. The Morgan fingerprint density at radius 2 is 1.76 bits per heavy atom. The predicted octanol–water partition coefficient (Wildman–Crippen LogP) is 6.46. The summed E-state index contributed by atoms with van der Waals surface area (Å²) in [5.41, 5.74) is 2.31. The first-order chi connectivity index (χ1) is 19.9. The number of halogens is 2. The lowest BCUT2D eigenvalue weighted by molar-refractivity contribution is 0.114. The van der Waals surface area contributed by atoms with Crippen molar-refractivity contribution in [3.05, 3.63) is 75.2 Å². The van der Waals surface area contributed by atoms with Gasteiger partial charge in [0.2, 0.25) is 0 Å². The Labute approximate surface area is 248 Å². The fourth-order valence-electron chi connectivity index (χ4n) is 5.67. The number of amides is 1. The van der Waals surface area contributed by atoms with E-state index in [0.29, 0.717) is 29.1 Å². The summed E-state index contributed by atoms with van der Waals surface area (Å²) in [6.45, 7) is 12.3. The van der Waals surface area contributed by atoms with Gasteiger partial charge in [0, 0.05) is 36.9 Å². The highest BCUT2D eigenvalue weighted by Crippen LogP contribution is 2.37. The Bertz CT molecular complexity index is 1710. The first-order valence-corrected chi connectivity index (χ1v) is 14.4. The van der Waals surface area contributed by atoms with Crippen LogP contribution in [0.25, 0.3) is 28.0 Å². The third kappa shape index (κ3) is 5.08. The van der Waals surface area contributed by atoms with Gasteiger partial charge in [0.1, 0.15) is 11.6 Å². The number of benzene rings is 1. The molecule has 11 heteroatoms. The van der Waals surface area contributed by atoms with Gasteiger partial charge in [-0.1, -0.05) is 51.4 Å². The maximum atomic E-state index is 15.0. The summed E-state index contributed by atoms with van der Waals surface area (Å²) in [4.78, 5) is 43.4. The molecule has 1 amide bonds. The van der Waals surface area contributed by atoms with Gasteiger partial charge in [0.25, 0.3) is 0 Å². The summed E-state index contributed by atoms with van der Waals surface area (Å²) in [6, 6.07) is 9.14. The zero-order chi connectivity index (χ0) is 30.5. The molecule has 1 aliphatic rings. The van der Waals surface area contributed by atoms with Crippen LogP contribution in [0, 0.1) is 5.82 Å². The van der Waals surface area contributed by atoms with Crippen LogP contribution in [0.4, 0.5) is 15.0 Å². The highest BCUT2D eigenvalue weighted by Gasteiger charge is 2.35. The molecule has 1 saturated heterocycles. The van der Waals surface area contributed by atoms with Crippen molar-refractivity contribution in [1.29, 1.82) is 0 Å². The van der Waals surface area contributed by atoms with Crippen LogP contribution in [0.3, 0.4) is 0 Å². The molecule has 0 aliphatic carbocycles. The molecule has 42 heavy (non-hydrogen) atoms. The quantitative estimate of drug-likeness (QED) is 0.284. The fraction of sp³-hybridized carbons (Fsp3) is 0.387. The van der Waals surface area contributed by atoms with Crippen LogP contribution in [0.1, 0.15) is 64.6 Å². The highest BCUT2D eigenvalue weighted by molar-refractivity contribution is 6.33. The number of hydrogen-bond acceptors (Lipinski definition) is 6. The first-order valence-electron chi connectivity index (χ1n) is 14.0. The van der Waals surface area contributed by atoms with Crippen LogP contribution >= 0.6 is 11.6 Å². The lowest BCUT2D eigenvalue weighted by Crippen LogP contribution is -2.58. The molecular formula is C31H34ClFN6O3. The third-order valence-corrected chi connectivity index (χ3v) is 8.10. The van der Waals surface area contributed by atoms with Gasteiger partial charge in [0.05, 0.1) is 27.5 Å². The minimum absolute atomic E-state index is 0.0244. The van der Waals surface area contributed by atoms with Gasteiger partial charge in [-0.15, -0.1) is 0 Å². The molecule has 220 valence electrons. The van der Waals surface area contributed by atoms with E-state index in [2.05, 4.69) is 9.97 Å². The van der Waals surface area contributed by atoms with Crippen molar-refractivity contribution < 1.29 is 14.3 Å². The van der Waals surface area contributed by atoms with E-state index in [1.54, 1.807) is 30.5 Å². The number of piperazine rings is 1. The highest BCUT2D eigenvalue weighted by atomic mass is 35.5. The maximum Gasteiger partial charge on any atom is 0.407 e. The largest absolute Gasteiger partial charge is 0.465 e. The number of pyridine rings is 2. The lowest BCUT2D eigenvalue weighted by atomic mass is 9.97. The lowest BCUT2D eigenvalue weighted by Gasteiger charge is -2.43. The normalized spacial score (nSPS) is 17.5. The van der Waals surface area contributed by atoms with Gasteiger partial charge < -0.3 is 14.9 Å². The van der Waals surface area contributed by atoms with E-state index in [9.17, 15) is 14.7 Å². The van der Waals surface area contributed by atoms with Crippen molar-refractivity contribution in [2.75, 3.05) is 18.0 Å². The summed E-state index contributed by atoms with van der Waals surface area (Å²) in [6.07, 6.45) is 0.740. The number of aromatic nitrogens is 4. The summed E-state index contributed by atoms with van der Waals surface area (Å²) in [7, 11) is 0. The minimum atomic E-state index is -1.000. The number of hydrogen-bond donors (Lipinski definition) is 1. The number of nitrogens with zero attached hydrogens (tertiary/aromatic N) is 6. The van der Waals surface area contributed by atoms with E-state index in [1.165, 1.54) is 15.5 Å². The maximum absolute atomic E-state index is 15.0. The topological polar surface area (TPSA) is 104 Å². The minimum Gasteiger partial charge on any atom is -0.465 e. The van der Waals surface area contributed by atoms with Gasteiger partial charge in [-0.2, -0.15) is 4.98 Å². The summed E-state index contributed by atoms with van der Waals surface area (Å²) in [5, 5.41) is 10.4. The SMILES string of the molecule is CC(C)c1ccnc(C(C)C)c1-n1c(=O)nc(N2C[C@@H](C)N(C(=O)O)C[C@@H]2C)c2cc(Cl)c(-c3ccccc3F)nc21. The number of carbonyl (C=O) groups is 1. The molecule has 1 aliphatic heterocycles. The third-order valence-electron chi connectivity index (χ3n) is 7.81. The van der Waals surface area contributed by atoms with E-state index < -0.39 is 17.6 Å². The molecule has 1 fully saturated rings. The molecule has 4 heterocycles. The summed E-state index contributed by atoms with van der Waals surface area (Å²) in [5.74, 6) is -0.117. The van der Waals surface area contributed by atoms with Gasteiger partial charge in [0.15, 0.2) is 5.65 Å². The molecule has 1 N–H and O–H groups in total. The van der Waals surface area contributed by atoms with E-state index in [1.807, 2.05) is 52.5 Å². The van der Waals surface area contributed by atoms with E-state index >= 15 is 4.39 Å². The van der Waals surface area contributed by atoms with Crippen molar-refractivity contribution in [1.82, 2.24) is 24.4 Å². The van der Waals surface area contributed by atoms with E-state index in [4.69, 9.17) is 16.6 Å². The summed E-state index contributed by atoms with van der Waals surface area (Å²) < 4.78 is 16.5. The molecule has 9 nitrogen and oxygen atoms in total. The van der Waals surface area contributed by atoms with Crippen LogP contribution < -0.4 is 10.6 Å². The molecule has 0 saturated carbocycles. The van der Waals surface area contributed by atoms with Crippen LogP contribution in [-0.4, -0.2) is 60.8 Å². The number of fused-ring (bicyclic) bond motifs is 1. The Morgan fingerprint density at radius 1 is 1.05 bits per heavy atom. The molecule has 2 atom stereocenters. The average molecular weight is 593 g/mol. The van der Waals surface area contributed by atoms with E-state index in [0.717, 1.165) is 5.56 Å². The average Bonchev–Trinajstić information content (AvgIpc) is 2.93. The van der Waals surface area contributed by atoms with Crippen LogP contribution in [0.15, 0.2) is 47.4 Å². The molecule has 0 radical (unpaired) electrons. The standard InChI is InChI=1S/C31H34ClFN6O3/c1-16(2)20-11-12-34-25(17(3)4)27(20)39-29-22(13-23(32)26(35-29)21-9-7-8-10-24(21)33)28(36-30(39)40)37-14-19(6)38(31(41)42)15-18(37)5/h7-13,16-19H,14-15H2,1-6H3,(H,41,42)/t18-,19+/m0/s1. The molecule has 0 bridgehead atoms. The second kappa shape index (κ2) is 11.3. The Morgan fingerprint density at radius 3 is 2.40 bits per heavy atom. The Balaban J connectivity index is 1.88. The van der Waals surface area contributed by atoms with Gasteiger partial charge in [-0.05, 0) is 55.5 Å². The summed E-state index contributed by atoms with van der Waals surface area (Å²) >= 11 is 6.79. The van der Waals surface area contributed by atoms with Crippen molar-refractivity contribution in [2.24, 2.45) is 0 Å². The Hall–Kier alpha value is -4.05. The molecule has 4 aromatic rings. The predicted molar refractivity (Wildman–Crippen MR) is 163 cm³/mol. The zero-order valence-corrected chi connectivity index (χ0v) is 25.2. The molecule has 0 unspecified atom stereocenters. The van der Waals surface area contributed by atoms with Crippen LogP contribution in [0.5, 0.6) is 0 Å². The zero-order valence-electron chi connectivity index (χ0n) is 24.5. The van der Waals surface area contributed by atoms with Crippen molar-refractivity contribution >= 4 is 34.5 Å². The Kier molecular flexibility index (Phi) is 7.94. The number of carboxylic acid groups (broad SMARTS) is 1. The molecular weight excluding hydrogens is 559 g/mol. The van der Waals surface area contributed by atoms with Gasteiger partial charge >= 0.3 is 11.8 Å². The smallest absolute Gasteiger partial charge is 0.407 e. The molecule has 0 spiro atoms. The molecule has 1 aromatic carbocycles. The second-order valence-electron chi connectivity index (χ2n) is 11.5. The van der Waals surface area contributed by atoms with Crippen LogP contribution in [-0.2, 0) is 0 Å². The number of rotatable bonds is 5. The fourth-order valence-corrected chi connectivity index (χ4v) is 5.93. The van der Waals surface area contributed by atoms with Crippen molar-refractivity contribution in [3.63, 3.8) is 0 Å². The van der Waals surface area contributed by atoms with Gasteiger partial charge in [-0.25, -0.2) is 23.5 Å². The van der Waals surface area contributed by atoms with Crippen molar-refractivity contribution in [3.8, 4) is 16.9 Å². The monoisotopic (exact) mass is 592 g/mol. The first kappa shape index (κ1) is 29.4. The van der Waals surface area contributed by atoms with Crippen molar-refractivity contribution in [2.45, 2.75) is 65.5 Å². The second-order valence-corrected chi connectivity index (χ2v) is 11.9. The molecule has 5 rings (SSSR count). The van der Waals surface area contributed by atoms with Gasteiger partial charge in [-0.3, -0.25) is 4.98 Å². The van der Waals surface area contributed by atoms with Crippen LogP contribution in [0.2, 0.25) is 5.02 Å².